The van der Waals surface area contributed by atoms with Crippen molar-refractivity contribution < 1.29 is 4.74 Å². The molecule has 0 fully saturated rings. The first-order valence-electron chi connectivity index (χ1n) is 3.65. The largest absolute Gasteiger partial charge is 0.372 e. The lowest BCUT2D eigenvalue weighted by Crippen LogP contribution is -1.89. The molecule has 0 spiro atoms. The fourth-order valence-corrected chi connectivity index (χ4v) is 1.36. The molecule has 0 aliphatic heterocycles. The van der Waals surface area contributed by atoms with E-state index in [1.54, 1.807) is 11.3 Å². The molecule has 0 unspecified atom stereocenters. The summed E-state index contributed by atoms with van der Waals surface area (Å²) in [6, 6.07) is 4.12. The molecule has 11 heavy (non-hydrogen) atoms. The van der Waals surface area contributed by atoms with Crippen molar-refractivity contribution >= 4 is 11.3 Å². The summed E-state index contributed by atoms with van der Waals surface area (Å²) < 4.78 is 5.34. The molecule has 0 N–H and O–H groups in total. The van der Waals surface area contributed by atoms with Gasteiger partial charge in [0.05, 0.1) is 13.2 Å². The molecule has 60 valence electrons. The molecule has 1 aromatic heterocycles. The highest BCUT2D eigenvalue weighted by Gasteiger charge is 1.90. The third-order valence-corrected chi connectivity index (χ3v) is 2.12. The molecule has 0 amide bonds. The van der Waals surface area contributed by atoms with E-state index in [-0.39, 0.29) is 0 Å². The summed E-state index contributed by atoms with van der Waals surface area (Å²) >= 11 is 1.73. The van der Waals surface area contributed by atoms with Crippen LogP contribution in [0, 0.1) is 0 Å². The molecule has 1 aromatic rings. The van der Waals surface area contributed by atoms with E-state index in [2.05, 4.69) is 11.4 Å². The van der Waals surface area contributed by atoms with Gasteiger partial charge in [0.25, 0.3) is 0 Å². The highest BCUT2D eigenvalue weighted by molar-refractivity contribution is 7.09. The Morgan fingerprint density at radius 1 is 1.64 bits per heavy atom. The predicted molar refractivity (Wildman–Crippen MR) is 48.8 cm³/mol. The van der Waals surface area contributed by atoms with E-state index < -0.39 is 0 Å². The Morgan fingerprint density at radius 2 is 2.55 bits per heavy atom. The monoisotopic (exact) mass is 168 g/mol. The molecule has 1 rings (SSSR count). The fourth-order valence-electron chi connectivity index (χ4n) is 0.718. The van der Waals surface area contributed by atoms with Gasteiger partial charge in [-0.15, -0.1) is 11.3 Å². The summed E-state index contributed by atoms with van der Waals surface area (Å²) in [4.78, 5) is 1.29. The molecule has 0 aliphatic rings. The van der Waals surface area contributed by atoms with Crippen molar-refractivity contribution in [2.75, 3.05) is 6.61 Å². The van der Waals surface area contributed by atoms with Crippen LogP contribution in [-0.2, 0) is 11.3 Å². The number of allylic oxidation sites excluding steroid dienone is 1. The molecule has 0 atom stereocenters. The lowest BCUT2D eigenvalue weighted by molar-refractivity contribution is 0.151. The Labute approximate surface area is 71.3 Å². The summed E-state index contributed by atoms with van der Waals surface area (Å²) in [7, 11) is 0. The van der Waals surface area contributed by atoms with Crippen LogP contribution in [-0.4, -0.2) is 6.61 Å². The Morgan fingerprint density at radius 3 is 3.18 bits per heavy atom. The van der Waals surface area contributed by atoms with Gasteiger partial charge in [0.15, 0.2) is 0 Å². The van der Waals surface area contributed by atoms with Crippen LogP contribution >= 0.6 is 11.3 Å². The lowest BCUT2D eigenvalue weighted by atomic mass is 10.5. The summed E-state index contributed by atoms with van der Waals surface area (Å²) in [5, 5.41) is 2.06. The number of ether oxygens (including phenoxy) is 1. The summed E-state index contributed by atoms with van der Waals surface area (Å²) in [6.07, 6.45) is 4.00. The van der Waals surface area contributed by atoms with Crippen LogP contribution in [0.25, 0.3) is 0 Å². The van der Waals surface area contributed by atoms with Gasteiger partial charge in [0, 0.05) is 4.88 Å². The molecule has 0 saturated heterocycles. The zero-order valence-electron chi connectivity index (χ0n) is 6.62. The minimum atomic E-state index is 0.717. The van der Waals surface area contributed by atoms with Crippen LogP contribution in [0.15, 0.2) is 29.7 Å². The van der Waals surface area contributed by atoms with E-state index in [1.165, 1.54) is 4.88 Å². The summed E-state index contributed by atoms with van der Waals surface area (Å²) in [5.41, 5.74) is 0. The van der Waals surface area contributed by atoms with Crippen molar-refractivity contribution in [3.05, 3.63) is 34.5 Å². The lowest BCUT2D eigenvalue weighted by Gasteiger charge is -1.96. The van der Waals surface area contributed by atoms with E-state index in [0.29, 0.717) is 6.61 Å². The number of hydrogen-bond acceptors (Lipinski definition) is 2. The van der Waals surface area contributed by atoms with Crippen molar-refractivity contribution in [3.8, 4) is 0 Å². The van der Waals surface area contributed by atoms with E-state index >= 15 is 0 Å². The minimum absolute atomic E-state index is 0.717. The van der Waals surface area contributed by atoms with Crippen LogP contribution < -0.4 is 0 Å². The SMILES string of the molecule is C/C=C/COCc1cccs1. The van der Waals surface area contributed by atoms with Gasteiger partial charge in [-0.05, 0) is 18.4 Å². The Bertz CT molecular complexity index is 201. The van der Waals surface area contributed by atoms with Crippen LogP contribution in [0.4, 0.5) is 0 Å². The van der Waals surface area contributed by atoms with Gasteiger partial charge >= 0.3 is 0 Å². The number of rotatable bonds is 4. The highest BCUT2D eigenvalue weighted by Crippen LogP contribution is 2.09. The number of thiophene rings is 1. The van der Waals surface area contributed by atoms with Crippen LogP contribution in [0.1, 0.15) is 11.8 Å². The van der Waals surface area contributed by atoms with Gasteiger partial charge in [-0.1, -0.05) is 18.2 Å². The van der Waals surface area contributed by atoms with Gasteiger partial charge in [-0.3, -0.25) is 0 Å². The fraction of sp³-hybridized carbons (Fsp3) is 0.333. The average Bonchev–Trinajstić information content (AvgIpc) is 2.50. The van der Waals surface area contributed by atoms with Gasteiger partial charge in [0.1, 0.15) is 0 Å². The second-order valence-corrected chi connectivity index (χ2v) is 3.20. The van der Waals surface area contributed by atoms with Crippen molar-refractivity contribution in [1.82, 2.24) is 0 Å². The number of hydrogen-bond donors (Lipinski definition) is 0. The topological polar surface area (TPSA) is 9.23 Å². The van der Waals surface area contributed by atoms with E-state index in [0.717, 1.165) is 6.61 Å². The second-order valence-electron chi connectivity index (χ2n) is 2.16. The zero-order valence-corrected chi connectivity index (χ0v) is 7.43. The van der Waals surface area contributed by atoms with Crippen molar-refractivity contribution in [2.24, 2.45) is 0 Å². The van der Waals surface area contributed by atoms with Gasteiger partial charge in [0.2, 0.25) is 0 Å². The van der Waals surface area contributed by atoms with Crippen LogP contribution in [0.3, 0.4) is 0 Å². The van der Waals surface area contributed by atoms with Crippen molar-refractivity contribution in [3.63, 3.8) is 0 Å². The van der Waals surface area contributed by atoms with E-state index in [4.69, 9.17) is 4.74 Å². The smallest absolute Gasteiger partial charge is 0.0813 e. The van der Waals surface area contributed by atoms with Gasteiger partial charge < -0.3 is 4.74 Å². The van der Waals surface area contributed by atoms with Gasteiger partial charge in [-0.2, -0.15) is 0 Å². The van der Waals surface area contributed by atoms with Crippen molar-refractivity contribution in [1.29, 1.82) is 0 Å². The molecule has 1 nitrogen and oxygen atoms in total. The second kappa shape index (κ2) is 5.10. The maximum Gasteiger partial charge on any atom is 0.0813 e. The standard InChI is InChI=1S/C9H12OS/c1-2-3-6-10-8-9-5-4-7-11-9/h2-5,7H,6,8H2,1H3/b3-2+. The van der Waals surface area contributed by atoms with Gasteiger partial charge in [-0.25, -0.2) is 0 Å². The zero-order chi connectivity index (χ0) is 7.94. The third-order valence-electron chi connectivity index (χ3n) is 1.27. The molecule has 2 heteroatoms. The maximum absolute atomic E-state index is 5.34. The Hall–Kier alpha value is -0.600. The molecule has 0 aliphatic carbocycles. The molecule has 0 radical (unpaired) electrons. The normalized spacial score (nSPS) is 11.0. The van der Waals surface area contributed by atoms with E-state index in [9.17, 15) is 0 Å². The molecule has 0 saturated carbocycles. The average molecular weight is 168 g/mol. The Kier molecular flexibility index (Phi) is 3.94. The summed E-state index contributed by atoms with van der Waals surface area (Å²) in [6.45, 7) is 3.45. The Balaban J connectivity index is 2.14. The quantitative estimate of drug-likeness (QED) is 0.496. The third kappa shape index (κ3) is 3.35. The first-order chi connectivity index (χ1) is 5.43. The summed E-state index contributed by atoms with van der Waals surface area (Å²) in [5.74, 6) is 0. The molecule has 1 heterocycles. The maximum atomic E-state index is 5.34. The minimum Gasteiger partial charge on any atom is -0.372 e. The highest BCUT2D eigenvalue weighted by atomic mass is 32.1. The molecule has 0 bridgehead atoms. The first kappa shape index (κ1) is 8.50. The predicted octanol–water partition coefficient (Wildman–Crippen LogP) is 2.84. The van der Waals surface area contributed by atoms with E-state index in [1.807, 2.05) is 25.1 Å². The van der Waals surface area contributed by atoms with Crippen LogP contribution in [0.2, 0.25) is 0 Å². The van der Waals surface area contributed by atoms with Crippen LogP contribution in [0.5, 0.6) is 0 Å². The molecule has 0 aromatic carbocycles. The molecular weight excluding hydrogens is 156 g/mol. The molecular formula is C9H12OS. The first-order valence-corrected chi connectivity index (χ1v) is 4.52. The van der Waals surface area contributed by atoms with Crippen molar-refractivity contribution in [2.45, 2.75) is 13.5 Å².